The molecule has 0 aromatic carbocycles. The third kappa shape index (κ3) is 0.664. The summed E-state index contributed by atoms with van der Waals surface area (Å²) in [5.41, 5.74) is -0.441. The standard InChI is InChI=1S/C7H10O5/c1-5-7(4-9-7)3-8-6(2,10-5)12-11-5/h3-4H2,1-2H3. The highest BCUT2D eigenvalue weighted by Crippen LogP contribution is 2.52. The van der Waals surface area contributed by atoms with E-state index in [0.717, 1.165) is 0 Å². The van der Waals surface area contributed by atoms with Gasteiger partial charge in [-0.3, -0.25) is 4.74 Å². The molecule has 3 atom stereocenters. The zero-order chi connectivity index (χ0) is 8.45. The van der Waals surface area contributed by atoms with Gasteiger partial charge in [0.25, 0.3) is 0 Å². The number of ether oxygens (including phenoxy) is 3. The van der Waals surface area contributed by atoms with Crippen LogP contribution in [0.4, 0.5) is 0 Å². The second kappa shape index (κ2) is 1.69. The molecule has 3 saturated heterocycles. The third-order valence-electron chi connectivity index (χ3n) is 2.62. The molecule has 0 aromatic heterocycles. The third-order valence-corrected chi connectivity index (χ3v) is 2.62. The molecule has 3 unspecified atom stereocenters. The van der Waals surface area contributed by atoms with Gasteiger partial charge in [-0.2, -0.15) is 9.78 Å². The van der Waals surface area contributed by atoms with Crippen molar-refractivity contribution in [2.45, 2.75) is 31.2 Å². The van der Waals surface area contributed by atoms with Crippen LogP contribution in [0.15, 0.2) is 0 Å². The summed E-state index contributed by atoms with van der Waals surface area (Å²) in [6.45, 7) is 4.53. The van der Waals surface area contributed by atoms with Crippen molar-refractivity contribution in [3.05, 3.63) is 0 Å². The summed E-state index contributed by atoms with van der Waals surface area (Å²) in [7, 11) is 0. The lowest BCUT2D eigenvalue weighted by atomic mass is 10.0. The minimum absolute atomic E-state index is 0.441. The molecule has 3 aliphatic heterocycles. The largest absolute Gasteiger partial charge is 0.361 e. The highest BCUT2D eigenvalue weighted by molar-refractivity contribution is 5.06. The quantitative estimate of drug-likeness (QED) is 0.386. The summed E-state index contributed by atoms with van der Waals surface area (Å²) < 4.78 is 16.0. The van der Waals surface area contributed by atoms with Crippen LogP contribution in [-0.4, -0.2) is 30.6 Å². The first kappa shape index (κ1) is 7.23. The normalized spacial score (nSPS) is 62.5. The Morgan fingerprint density at radius 2 is 1.67 bits per heavy atom. The lowest BCUT2D eigenvalue weighted by Crippen LogP contribution is -2.54. The molecule has 3 fully saturated rings. The maximum absolute atomic E-state index is 5.46. The lowest BCUT2D eigenvalue weighted by molar-refractivity contribution is -0.402. The van der Waals surface area contributed by atoms with E-state index < -0.39 is 17.4 Å². The fourth-order valence-electron chi connectivity index (χ4n) is 1.58. The van der Waals surface area contributed by atoms with Crippen LogP contribution in [0.2, 0.25) is 0 Å². The summed E-state index contributed by atoms with van der Waals surface area (Å²) in [6.07, 6.45) is 0. The van der Waals surface area contributed by atoms with E-state index >= 15 is 0 Å². The first-order valence-corrected chi connectivity index (χ1v) is 3.93. The number of epoxide rings is 1. The van der Waals surface area contributed by atoms with Crippen molar-refractivity contribution in [2.24, 2.45) is 0 Å². The average molecular weight is 174 g/mol. The van der Waals surface area contributed by atoms with Gasteiger partial charge in [-0.25, -0.2) is 0 Å². The van der Waals surface area contributed by atoms with Crippen LogP contribution in [0.25, 0.3) is 0 Å². The Labute approximate surface area is 69.4 Å². The molecule has 0 amide bonds. The molecule has 5 nitrogen and oxygen atoms in total. The van der Waals surface area contributed by atoms with E-state index in [1.54, 1.807) is 13.8 Å². The van der Waals surface area contributed by atoms with E-state index in [2.05, 4.69) is 0 Å². The van der Waals surface area contributed by atoms with Crippen molar-refractivity contribution in [2.75, 3.05) is 13.2 Å². The summed E-state index contributed by atoms with van der Waals surface area (Å²) in [5.74, 6) is -1.86. The predicted octanol–water partition coefficient (Wildman–Crippen LogP) is 0.154. The molecule has 0 radical (unpaired) electrons. The molecule has 3 heterocycles. The van der Waals surface area contributed by atoms with Crippen LogP contribution < -0.4 is 0 Å². The summed E-state index contributed by atoms with van der Waals surface area (Å²) in [5, 5.41) is 0. The van der Waals surface area contributed by atoms with Crippen molar-refractivity contribution in [3.63, 3.8) is 0 Å². The van der Waals surface area contributed by atoms with Crippen molar-refractivity contribution in [1.82, 2.24) is 0 Å². The lowest BCUT2D eigenvalue weighted by Gasteiger charge is -2.34. The van der Waals surface area contributed by atoms with Crippen LogP contribution in [0, 0.1) is 0 Å². The number of hydrogen-bond donors (Lipinski definition) is 0. The fourth-order valence-corrected chi connectivity index (χ4v) is 1.58. The van der Waals surface area contributed by atoms with Gasteiger partial charge < -0.3 is 9.47 Å². The minimum Gasteiger partial charge on any atom is -0.361 e. The molecule has 0 aromatic rings. The zero-order valence-corrected chi connectivity index (χ0v) is 6.96. The van der Waals surface area contributed by atoms with Gasteiger partial charge in [-0.1, -0.05) is 0 Å². The van der Waals surface area contributed by atoms with Crippen LogP contribution >= 0.6 is 0 Å². The van der Waals surface area contributed by atoms with Crippen molar-refractivity contribution < 1.29 is 24.0 Å². The van der Waals surface area contributed by atoms with E-state index in [4.69, 9.17) is 24.0 Å². The fraction of sp³-hybridized carbons (Fsp3) is 1.00. The van der Waals surface area contributed by atoms with E-state index in [-0.39, 0.29) is 0 Å². The highest BCUT2D eigenvalue weighted by atomic mass is 17.3. The van der Waals surface area contributed by atoms with Crippen LogP contribution in [0.5, 0.6) is 0 Å². The smallest absolute Gasteiger partial charge is 0.311 e. The Kier molecular flexibility index (Phi) is 1.02. The van der Waals surface area contributed by atoms with E-state index in [9.17, 15) is 0 Å². The van der Waals surface area contributed by atoms with Crippen LogP contribution in [0.3, 0.4) is 0 Å². The van der Waals surface area contributed by atoms with Crippen molar-refractivity contribution in [1.29, 1.82) is 0 Å². The Morgan fingerprint density at radius 3 is 2.33 bits per heavy atom. The molecule has 1 spiro atoms. The maximum atomic E-state index is 5.46. The zero-order valence-electron chi connectivity index (χ0n) is 6.96. The van der Waals surface area contributed by atoms with Gasteiger partial charge in [-0.05, 0) is 6.92 Å². The number of rotatable bonds is 0. The van der Waals surface area contributed by atoms with Gasteiger partial charge in [0.05, 0.1) is 13.2 Å². The number of hydrogen-bond acceptors (Lipinski definition) is 5. The second-order valence-corrected chi connectivity index (χ2v) is 3.65. The van der Waals surface area contributed by atoms with Crippen molar-refractivity contribution >= 4 is 0 Å². The summed E-state index contributed by atoms with van der Waals surface area (Å²) >= 11 is 0. The summed E-state index contributed by atoms with van der Waals surface area (Å²) in [4.78, 5) is 9.99. The SMILES string of the molecule is CC12OCC3(CO3)C(C)(OO1)O2. The molecule has 3 rings (SSSR count). The first-order chi connectivity index (χ1) is 5.58. The monoisotopic (exact) mass is 174 g/mol. The van der Waals surface area contributed by atoms with Gasteiger partial charge in [0.2, 0.25) is 5.79 Å². The van der Waals surface area contributed by atoms with Gasteiger partial charge in [0.1, 0.15) is 0 Å². The van der Waals surface area contributed by atoms with E-state index in [1.807, 2.05) is 0 Å². The average Bonchev–Trinajstić information content (AvgIpc) is 2.74. The molecule has 0 aliphatic carbocycles. The van der Waals surface area contributed by atoms with Gasteiger partial charge in [-0.15, -0.1) is 0 Å². The Bertz CT molecular complexity index is 238. The molecular weight excluding hydrogens is 164 g/mol. The van der Waals surface area contributed by atoms with E-state index in [0.29, 0.717) is 13.2 Å². The van der Waals surface area contributed by atoms with Gasteiger partial charge >= 0.3 is 5.97 Å². The molecule has 3 aliphatic rings. The molecule has 68 valence electrons. The first-order valence-electron chi connectivity index (χ1n) is 3.93. The number of fused-ring (bicyclic) bond motifs is 3. The highest BCUT2D eigenvalue weighted by Gasteiger charge is 2.72. The Balaban J connectivity index is 1.98. The Hall–Kier alpha value is -0.200. The molecule has 0 saturated carbocycles. The molecule has 5 heteroatoms. The van der Waals surface area contributed by atoms with Crippen LogP contribution in [0.1, 0.15) is 13.8 Å². The summed E-state index contributed by atoms with van der Waals surface area (Å²) in [6, 6.07) is 0. The minimum atomic E-state index is -1.05. The topological polar surface area (TPSA) is 49.5 Å². The molecular formula is C7H10O5. The second-order valence-electron chi connectivity index (χ2n) is 3.65. The predicted molar refractivity (Wildman–Crippen MR) is 34.7 cm³/mol. The van der Waals surface area contributed by atoms with Crippen molar-refractivity contribution in [3.8, 4) is 0 Å². The molecule has 12 heavy (non-hydrogen) atoms. The molecule has 2 bridgehead atoms. The van der Waals surface area contributed by atoms with Crippen LogP contribution in [-0.2, 0) is 24.0 Å². The maximum Gasteiger partial charge on any atom is 0.311 e. The molecule has 0 N–H and O–H groups in total. The van der Waals surface area contributed by atoms with E-state index in [1.165, 1.54) is 0 Å². The Morgan fingerprint density at radius 1 is 1.00 bits per heavy atom. The van der Waals surface area contributed by atoms with Gasteiger partial charge in [0.15, 0.2) is 5.60 Å². The van der Waals surface area contributed by atoms with Gasteiger partial charge in [0, 0.05) is 6.92 Å².